The van der Waals surface area contributed by atoms with Gasteiger partial charge in [0.15, 0.2) is 0 Å². The normalized spacial score (nSPS) is 17.7. The summed E-state index contributed by atoms with van der Waals surface area (Å²) in [7, 11) is 2.26. The van der Waals surface area contributed by atoms with Crippen LogP contribution in [-0.2, 0) is 10.8 Å². The van der Waals surface area contributed by atoms with Gasteiger partial charge in [-0.25, -0.2) is 0 Å². The third-order valence-corrected chi connectivity index (χ3v) is 14.0. The highest BCUT2D eigenvalue weighted by Crippen LogP contribution is 2.50. The number of benzene rings is 4. The maximum absolute atomic E-state index is 7.22. The second-order valence-electron chi connectivity index (χ2n) is 21.8. The number of hydrogen-bond acceptors (Lipinski definition) is 3. The van der Waals surface area contributed by atoms with E-state index in [9.17, 15) is 0 Å². The van der Waals surface area contributed by atoms with Gasteiger partial charge >= 0.3 is 0 Å². The molecule has 7 rings (SSSR count). The number of nitrogens with zero attached hydrogens (tertiary/aromatic N) is 1. The van der Waals surface area contributed by atoms with Gasteiger partial charge in [-0.3, -0.25) is 0 Å². The summed E-state index contributed by atoms with van der Waals surface area (Å²) >= 11 is 0. The molecule has 0 saturated carbocycles. The lowest BCUT2D eigenvalue weighted by Crippen LogP contribution is -2.33. The fourth-order valence-electron chi connectivity index (χ4n) is 9.50. The lowest BCUT2D eigenvalue weighted by Gasteiger charge is -2.41. The summed E-state index contributed by atoms with van der Waals surface area (Å²) < 4.78 is 7.22. The van der Waals surface area contributed by atoms with Crippen molar-refractivity contribution in [1.82, 2.24) is 0 Å². The van der Waals surface area contributed by atoms with Crippen LogP contribution in [0.15, 0.2) is 126 Å². The first-order valence-electron chi connectivity index (χ1n) is 23.8. The summed E-state index contributed by atoms with van der Waals surface area (Å²) in [5.41, 5.74) is 15.5. The van der Waals surface area contributed by atoms with Crippen molar-refractivity contribution < 1.29 is 4.42 Å². The van der Waals surface area contributed by atoms with Crippen LogP contribution in [-0.4, -0.2) is 13.3 Å². The molecule has 329 valence electrons. The molecule has 0 saturated heterocycles. The van der Waals surface area contributed by atoms with E-state index < -0.39 is 0 Å². The minimum absolute atomic E-state index is 0.0263. The van der Waals surface area contributed by atoms with Gasteiger partial charge in [0.25, 0.3) is 0 Å². The number of nitrogens with one attached hydrogen (secondary N) is 1. The van der Waals surface area contributed by atoms with Crippen molar-refractivity contribution in [1.29, 1.82) is 0 Å². The Kier molecular flexibility index (Phi) is 13.4. The highest BCUT2D eigenvalue weighted by Gasteiger charge is 2.39. The van der Waals surface area contributed by atoms with Crippen LogP contribution in [0.4, 0.5) is 22.7 Å². The molecular formula is C59H74BN2O. The average molecular weight is 838 g/mol. The summed E-state index contributed by atoms with van der Waals surface area (Å²) in [5.74, 6) is 1.75. The van der Waals surface area contributed by atoms with E-state index in [1.807, 2.05) is 0 Å². The van der Waals surface area contributed by atoms with Gasteiger partial charge in [0.2, 0.25) is 7.28 Å². The Morgan fingerprint density at radius 2 is 1.51 bits per heavy atom. The fraction of sp³-hybridized carbons (Fsp3) is 0.424. The molecule has 0 spiro atoms. The van der Waals surface area contributed by atoms with Crippen LogP contribution in [0.1, 0.15) is 155 Å². The van der Waals surface area contributed by atoms with Gasteiger partial charge in [0.1, 0.15) is 5.58 Å². The van der Waals surface area contributed by atoms with Crippen LogP contribution in [0, 0.1) is 17.3 Å². The largest absolute Gasteiger partial charge is 0.469 e. The number of hydrogen-bond donors (Lipinski definition) is 1. The van der Waals surface area contributed by atoms with Crippen molar-refractivity contribution in [2.45, 2.75) is 144 Å². The van der Waals surface area contributed by atoms with Crippen LogP contribution in [0.5, 0.6) is 0 Å². The molecule has 0 fully saturated rings. The third-order valence-electron chi connectivity index (χ3n) is 14.0. The van der Waals surface area contributed by atoms with Crippen LogP contribution >= 0.6 is 0 Å². The van der Waals surface area contributed by atoms with Crippen LogP contribution in [0.25, 0.3) is 17.0 Å². The second kappa shape index (κ2) is 18.3. The van der Waals surface area contributed by atoms with E-state index in [-0.39, 0.29) is 22.3 Å². The van der Waals surface area contributed by atoms with E-state index in [1.54, 1.807) is 0 Å². The SMILES string of the molecule is C=CC(C/C=C/c1cc(C(C)C)ccc1N(c1cccc(NC2C=CC(C(C)(C)C)=CC2)c1)c1c([B]c2ccc(C(C)C)cc2)oc2cc3c(cc12)C(C)(C)CCC3(C)C)C(C)C. The van der Waals surface area contributed by atoms with E-state index >= 15 is 0 Å². The van der Waals surface area contributed by atoms with E-state index in [0.717, 1.165) is 70.5 Å². The van der Waals surface area contributed by atoms with Crippen molar-refractivity contribution in [3.63, 3.8) is 0 Å². The minimum Gasteiger partial charge on any atom is -0.469 e. The first-order chi connectivity index (χ1) is 29.8. The van der Waals surface area contributed by atoms with E-state index in [0.29, 0.717) is 23.7 Å². The average Bonchev–Trinajstić information content (AvgIpc) is 3.57. The molecule has 2 atom stereocenters. The van der Waals surface area contributed by atoms with Crippen LogP contribution in [0.3, 0.4) is 0 Å². The van der Waals surface area contributed by atoms with Crippen molar-refractivity contribution >= 4 is 58.2 Å². The van der Waals surface area contributed by atoms with Gasteiger partial charge < -0.3 is 14.6 Å². The van der Waals surface area contributed by atoms with Gasteiger partial charge in [-0.15, -0.1) is 6.58 Å². The Labute approximate surface area is 382 Å². The first-order valence-corrected chi connectivity index (χ1v) is 23.8. The van der Waals surface area contributed by atoms with Crippen LogP contribution < -0.4 is 21.3 Å². The molecule has 1 N–H and O–H groups in total. The van der Waals surface area contributed by atoms with Crippen molar-refractivity contribution in [3.8, 4) is 0 Å². The third kappa shape index (κ3) is 10.1. The maximum atomic E-state index is 7.22. The Morgan fingerprint density at radius 1 is 0.841 bits per heavy atom. The molecule has 0 amide bonds. The molecule has 2 aliphatic rings. The zero-order valence-electron chi connectivity index (χ0n) is 40.8. The summed E-state index contributed by atoms with van der Waals surface area (Å²) in [6.45, 7) is 34.4. The van der Waals surface area contributed by atoms with E-state index in [2.05, 4.69) is 229 Å². The molecule has 0 aliphatic heterocycles. The number of allylic oxidation sites excluding steroid dienone is 4. The topological polar surface area (TPSA) is 28.4 Å². The predicted octanol–water partition coefficient (Wildman–Crippen LogP) is 15.7. The van der Waals surface area contributed by atoms with Crippen molar-refractivity contribution in [2.75, 3.05) is 10.2 Å². The van der Waals surface area contributed by atoms with Gasteiger partial charge in [0, 0.05) is 22.8 Å². The van der Waals surface area contributed by atoms with Gasteiger partial charge in [-0.05, 0) is 141 Å². The maximum Gasteiger partial charge on any atom is 0.243 e. The molecule has 4 heteroatoms. The fourth-order valence-corrected chi connectivity index (χ4v) is 9.50. The first kappa shape index (κ1) is 46.0. The Bertz CT molecular complexity index is 2510. The molecule has 2 unspecified atom stereocenters. The molecule has 2 aliphatic carbocycles. The zero-order chi connectivity index (χ0) is 45.4. The standard InChI is InChI=1S/C59H74BN2O/c1-15-41(38(2)3)18-16-19-44-34-43(40(6)7)24-31-53(44)62(49-21-17-20-48(35-49)61-47-29-25-45(26-30-47)57(8,9)10)55-50-36-51-52(59(13,14)33-32-58(51,11)12)37-54(50)63-56(55)60-46-27-22-42(23-28-46)39(4)5/h15-17,19-29,31,34-41,47,61H,1,18,30,32-33H2,2-14H3/b19-16+. The minimum atomic E-state index is 0.0263. The van der Waals surface area contributed by atoms with E-state index in [4.69, 9.17) is 4.42 Å². The lowest BCUT2D eigenvalue weighted by atomic mass is 9.63. The molecule has 3 nitrogen and oxygen atoms in total. The van der Waals surface area contributed by atoms with Gasteiger partial charge in [-0.1, -0.05) is 168 Å². The summed E-state index contributed by atoms with van der Waals surface area (Å²) in [6, 6.07) is 30.1. The summed E-state index contributed by atoms with van der Waals surface area (Å²) in [6.07, 6.45) is 18.0. The van der Waals surface area contributed by atoms with Gasteiger partial charge in [0.05, 0.1) is 17.0 Å². The molecular weight excluding hydrogens is 763 g/mol. The Balaban J connectivity index is 1.48. The highest BCUT2D eigenvalue weighted by molar-refractivity contribution is 6.68. The number of rotatable bonds is 14. The highest BCUT2D eigenvalue weighted by atomic mass is 16.3. The molecule has 1 radical (unpaired) electrons. The van der Waals surface area contributed by atoms with E-state index in [1.165, 1.54) is 33.4 Å². The smallest absolute Gasteiger partial charge is 0.243 e. The van der Waals surface area contributed by atoms with Crippen molar-refractivity contribution in [2.24, 2.45) is 17.3 Å². The number of furan rings is 1. The Hall–Kier alpha value is -4.96. The molecule has 63 heavy (non-hydrogen) atoms. The quantitative estimate of drug-likeness (QED) is 0.0892. The molecule has 0 bridgehead atoms. The molecule has 5 aromatic rings. The number of fused-ring (bicyclic) bond motifs is 2. The predicted molar refractivity (Wildman–Crippen MR) is 277 cm³/mol. The molecule has 1 heterocycles. The number of anilines is 4. The lowest BCUT2D eigenvalue weighted by molar-refractivity contribution is 0.332. The molecule has 4 aromatic carbocycles. The Morgan fingerprint density at radius 3 is 2.11 bits per heavy atom. The molecule has 1 aromatic heterocycles. The monoisotopic (exact) mass is 838 g/mol. The zero-order valence-corrected chi connectivity index (χ0v) is 40.8. The summed E-state index contributed by atoms with van der Waals surface area (Å²) in [5, 5.41) is 5.03. The van der Waals surface area contributed by atoms with Crippen LogP contribution in [0.2, 0.25) is 0 Å². The van der Waals surface area contributed by atoms with Gasteiger partial charge in [-0.2, -0.15) is 0 Å². The van der Waals surface area contributed by atoms with Crippen molar-refractivity contribution in [3.05, 3.63) is 149 Å². The second-order valence-corrected chi connectivity index (χ2v) is 21.8. The summed E-state index contributed by atoms with van der Waals surface area (Å²) in [4.78, 5) is 2.49.